The number of nitriles is 1. The lowest BCUT2D eigenvalue weighted by molar-refractivity contribution is 0.217. The van der Waals surface area contributed by atoms with E-state index in [4.69, 9.17) is 11.6 Å². The minimum absolute atomic E-state index is 0.296. The molecule has 1 fully saturated rings. The molecule has 0 atom stereocenters. The van der Waals surface area contributed by atoms with Crippen LogP contribution < -0.4 is 0 Å². The summed E-state index contributed by atoms with van der Waals surface area (Å²) in [4.78, 5) is 0. The van der Waals surface area contributed by atoms with Gasteiger partial charge in [0.15, 0.2) is 0 Å². The first-order chi connectivity index (χ1) is 8.56. The van der Waals surface area contributed by atoms with Gasteiger partial charge in [0, 0.05) is 10.6 Å². The van der Waals surface area contributed by atoms with Gasteiger partial charge in [-0.05, 0) is 50.2 Å². The highest BCUT2D eigenvalue weighted by molar-refractivity contribution is 6.31. The van der Waals surface area contributed by atoms with Crippen LogP contribution in [0.15, 0.2) is 18.2 Å². The molecule has 2 rings (SSSR count). The van der Waals surface area contributed by atoms with E-state index < -0.39 is 5.41 Å². The number of halogens is 2. The van der Waals surface area contributed by atoms with Crippen LogP contribution in [0.5, 0.6) is 0 Å². The van der Waals surface area contributed by atoms with E-state index in [0.717, 1.165) is 25.7 Å². The summed E-state index contributed by atoms with van der Waals surface area (Å²) >= 11 is 6.05. The summed E-state index contributed by atoms with van der Waals surface area (Å²) in [6, 6.07) is 7.12. The average molecular weight is 266 g/mol. The van der Waals surface area contributed by atoms with E-state index in [2.05, 4.69) is 13.0 Å². The van der Waals surface area contributed by atoms with Crippen LogP contribution in [0, 0.1) is 28.5 Å². The van der Waals surface area contributed by atoms with Crippen LogP contribution in [0.1, 0.15) is 38.2 Å². The summed E-state index contributed by atoms with van der Waals surface area (Å²) in [5.74, 6) is 0.373. The van der Waals surface area contributed by atoms with Gasteiger partial charge in [-0.1, -0.05) is 24.6 Å². The Labute approximate surface area is 113 Å². The van der Waals surface area contributed by atoms with Crippen molar-refractivity contribution in [3.05, 3.63) is 34.6 Å². The molecule has 3 heteroatoms. The Morgan fingerprint density at radius 3 is 2.67 bits per heavy atom. The van der Waals surface area contributed by atoms with Gasteiger partial charge in [-0.3, -0.25) is 0 Å². The number of hydrogen-bond donors (Lipinski definition) is 0. The molecular formula is C15H17ClFN. The fourth-order valence-electron chi connectivity index (χ4n) is 2.68. The molecule has 96 valence electrons. The van der Waals surface area contributed by atoms with E-state index >= 15 is 0 Å². The van der Waals surface area contributed by atoms with Gasteiger partial charge in [-0.2, -0.15) is 5.26 Å². The Bertz CT molecular complexity index is 450. The van der Waals surface area contributed by atoms with E-state index in [1.807, 2.05) is 0 Å². The second kappa shape index (κ2) is 5.28. The first-order valence-corrected chi connectivity index (χ1v) is 6.78. The van der Waals surface area contributed by atoms with Crippen molar-refractivity contribution in [2.24, 2.45) is 11.3 Å². The van der Waals surface area contributed by atoms with E-state index in [9.17, 15) is 9.65 Å². The highest BCUT2D eigenvalue weighted by Crippen LogP contribution is 2.42. The standard InChI is InChI=1S/C15H17ClFN/c1-11-5-7-15(10-18,8-6-11)9-12-13(16)3-2-4-14(12)17/h2-4,11H,5-9H2,1H3. The Morgan fingerprint density at radius 2 is 2.11 bits per heavy atom. The van der Waals surface area contributed by atoms with E-state index in [1.54, 1.807) is 12.1 Å². The van der Waals surface area contributed by atoms with Crippen molar-refractivity contribution in [1.29, 1.82) is 5.26 Å². The first-order valence-electron chi connectivity index (χ1n) is 6.40. The summed E-state index contributed by atoms with van der Waals surface area (Å²) < 4.78 is 13.8. The smallest absolute Gasteiger partial charge is 0.127 e. The molecule has 0 N–H and O–H groups in total. The topological polar surface area (TPSA) is 23.8 Å². The van der Waals surface area contributed by atoms with Crippen molar-refractivity contribution < 1.29 is 4.39 Å². The van der Waals surface area contributed by atoms with E-state index in [0.29, 0.717) is 22.9 Å². The molecule has 0 spiro atoms. The average Bonchev–Trinajstić information content (AvgIpc) is 2.37. The van der Waals surface area contributed by atoms with Gasteiger partial charge in [-0.25, -0.2) is 4.39 Å². The normalized spacial score (nSPS) is 27.8. The Balaban J connectivity index is 2.24. The maximum atomic E-state index is 13.8. The van der Waals surface area contributed by atoms with Gasteiger partial charge in [-0.15, -0.1) is 0 Å². The van der Waals surface area contributed by atoms with Crippen LogP contribution in [0.25, 0.3) is 0 Å². The molecule has 0 amide bonds. The number of hydrogen-bond acceptors (Lipinski definition) is 1. The molecule has 0 bridgehead atoms. The van der Waals surface area contributed by atoms with Crippen LogP contribution in [-0.2, 0) is 6.42 Å². The molecule has 1 aliphatic rings. The molecule has 0 saturated heterocycles. The largest absolute Gasteiger partial charge is 0.207 e. The lowest BCUT2D eigenvalue weighted by atomic mass is 9.69. The lowest BCUT2D eigenvalue weighted by Gasteiger charge is -2.34. The van der Waals surface area contributed by atoms with Crippen molar-refractivity contribution in [2.75, 3.05) is 0 Å². The molecule has 18 heavy (non-hydrogen) atoms. The lowest BCUT2D eigenvalue weighted by Crippen LogP contribution is -2.28. The molecule has 0 unspecified atom stereocenters. The summed E-state index contributed by atoms with van der Waals surface area (Å²) in [5, 5.41) is 9.89. The molecule has 1 saturated carbocycles. The minimum Gasteiger partial charge on any atom is -0.207 e. The maximum absolute atomic E-state index is 13.8. The van der Waals surface area contributed by atoms with Crippen LogP contribution in [0.4, 0.5) is 4.39 Å². The van der Waals surface area contributed by atoms with E-state index in [-0.39, 0.29) is 5.82 Å². The van der Waals surface area contributed by atoms with Crippen molar-refractivity contribution in [1.82, 2.24) is 0 Å². The summed E-state index contributed by atoms with van der Waals surface area (Å²) in [6.45, 7) is 2.21. The first kappa shape index (κ1) is 13.4. The van der Waals surface area contributed by atoms with Gasteiger partial charge in [0.1, 0.15) is 5.82 Å². The predicted octanol–water partition coefficient (Wildman–Crippen LogP) is 4.74. The van der Waals surface area contributed by atoms with E-state index in [1.165, 1.54) is 6.07 Å². The van der Waals surface area contributed by atoms with Crippen LogP contribution in [-0.4, -0.2) is 0 Å². The molecule has 0 heterocycles. The zero-order valence-electron chi connectivity index (χ0n) is 10.5. The third-order valence-electron chi connectivity index (χ3n) is 4.05. The molecular weight excluding hydrogens is 249 g/mol. The van der Waals surface area contributed by atoms with Gasteiger partial charge in [0.2, 0.25) is 0 Å². The highest BCUT2D eigenvalue weighted by Gasteiger charge is 2.35. The van der Waals surface area contributed by atoms with Crippen LogP contribution >= 0.6 is 11.6 Å². The number of benzene rings is 1. The van der Waals surface area contributed by atoms with Crippen molar-refractivity contribution in [3.8, 4) is 6.07 Å². The Kier molecular flexibility index (Phi) is 3.92. The maximum Gasteiger partial charge on any atom is 0.127 e. The van der Waals surface area contributed by atoms with Gasteiger partial charge in [0.05, 0.1) is 11.5 Å². The second-order valence-corrected chi connectivity index (χ2v) is 5.86. The summed E-state index contributed by atoms with van der Waals surface area (Å²) in [6.07, 6.45) is 4.20. The van der Waals surface area contributed by atoms with Gasteiger partial charge in [0.25, 0.3) is 0 Å². The minimum atomic E-state index is -0.432. The second-order valence-electron chi connectivity index (χ2n) is 5.45. The molecule has 1 aromatic rings. The highest BCUT2D eigenvalue weighted by atomic mass is 35.5. The van der Waals surface area contributed by atoms with Crippen molar-refractivity contribution in [2.45, 2.75) is 39.0 Å². The number of rotatable bonds is 2. The van der Waals surface area contributed by atoms with Crippen LogP contribution in [0.2, 0.25) is 5.02 Å². The van der Waals surface area contributed by atoms with Crippen LogP contribution in [0.3, 0.4) is 0 Å². The third-order valence-corrected chi connectivity index (χ3v) is 4.40. The molecule has 0 aromatic heterocycles. The fourth-order valence-corrected chi connectivity index (χ4v) is 2.91. The van der Waals surface area contributed by atoms with Crippen molar-refractivity contribution >= 4 is 11.6 Å². The van der Waals surface area contributed by atoms with Crippen molar-refractivity contribution in [3.63, 3.8) is 0 Å². The van der Waals surface area contributed by atoms with Gasteiger partial charge < -0.3 is 0 Å². The molecule has 0 radical (unpaired) electrons. The zero-order chi connectivity index (χ0) is 13.2. The molecule has 0 aliphatic heterocycles. The zero-order valence-corrected chi connectivity index (χ0v) is 11.3. The summed E-state index contributed by atoms with van der Waals surface area (Å²) in [5.41, 5.74) is 0.0634. The molecule has 1 aliphatic carbocycles. The van der Waals surface area contributed by atoms with Gasteiger partial charge >= 0.3 is 0 Å². The third kappa shape index (κ3) is 2.67. The monoisotopic (exact) mass is 265 g/mol. The fraction of sp³-hybridized carbons (Fsp3) is 0.533. The summed E-state index contributed by atoms with van der Waals surface area (Å²) in [7, 11) is 0. The predicted molar refractivity (Wildman–Crippen MR) is 70.8 cm³/mol. The Hall–Kier alpha value is -1.07. The SMILES string of the molecule is CC1CCC(C#N)(Cc2c(F)cccc2Cl)CC1. The molecule has 1 aromatic carbocycles. The quantitative estimate of drug-likeness (QED) is 0.758. The Morgan fingerprint density at radius 1 is 1.44 bits per heavy atom. The molecule has 1 nitrogen and oxygen atoms in total. The number of nitrogens with zero attached hydrogens (tertiary/aromatic N) is 1.